The fraction of sp³-hybridized carbons (Fsp3) is 0.500. The standard InChI is InChI=1S/C14H20N2O4/c1-4-15(5-2)9-10-20-14(17)13-11(3)7-6-8-12(13)16(18)19/h6-8H,4-5,9-10H2,1-3H3. The molecule has 0 saturated heterocycles. The predicted molar refractivity (Wildman–Crippen MR) is 75.9 cm³/mol. The monoisotopic (exact) mass is 280 g/mol. The minimum atomic E-state index is -0.637. The van der Waals surface area contributed by atoms with Gasteiger partial charge in [0.2, 0.25) is 0 Å². The van der Waals surface area contributed by atoms with Crippen molar-refractivity contribution in [3.8, 4) is 0 Å². The minimum absolute atomic E-state index is 0.0389. The molecule has 6 heteroatoms. The van der Waals surface area contributed by atoms with E-state index in [1.807, 2.05) is 13.8 Å². The Morgan fingerprint density at radius 3 is 2.55 bits per heavy atom. The Hall–Kier alpha value is -1.95. The maximum atomic E-state index is 12.0. The van der Waals surface area contributed by atoms with Gasteiger partial charge in [-0.2, -0.15) is 0 Å². The van der Waals surface area contributed by atoms with Gasteiger partial charge in [-0.25, -0.2) is 4.79 Å². The molecule has 0 aliphatic carbocycles. The first-order chi connectivity index (χ1) is 9.51. The zero-order valence-electron chi connectivity index (χ0n) is 12.1. The van der Waals surface area contributed by atoms with Crippen LogP contribution in [0.25, 0.3) is 0 Å². The first-order valence-corrected chi connectivity index (χ1v) is 6.64. The van der Waals surface area contributed by atoms with Gasteiger partial charge in [-0.1, -0.05) is 26.0 Å². The second kappa shape index (κ2) is 7.59. The molecule has 0 aromatic heterocycles. The van der Waals surface area contributed by atoms with Crippen molar-refractivity contribution in [1.29, 1.82) is 0 Å². The molecule has 0 radical (unpaired) electrons. The second-order valence-corrected chi connectivity index (χ2v) is 4.39. The van der Waals surface area contributed by atoms with Crippen LogP contribution >= 0.6 is 0 Å². The smallest absolute Gasteiger partial charge is 0.345 e. The lowest BCUT2D eigenvalue weighted by Crippen LogP contribution is -2.28. The maximum absolute atomic E-state index is 12.0. The summed E-state index contributed by atoms with van der Waals surface area (Å²) in [6.45, 7) is 8.31. The molecule has 6 nitrogen and oxygen atoms in total. The van der Waals surface area contributed by atoms with E-state index in [1.165, 1.54) is 6.07 Å². The number of likely N-dealkylation sites (N-methyl/N-ethyl adjacent to an activating group) is 1. The van der Waals surface area contributed by atoms with Crippen LogP contribution in [-0.2, 0) is 4.74 Å². The van der Waals surface area contributed by atoms with Crippen LogP contribution in [0.4, 0.5) is 5.69 Å². The van der Waals surface area contributed by atoms with Crippen LogP contribution in [0, 0.1) is 17.0 Å². The summed E-state index contributed by atoms with van der Waals surface area (Å²) in [5.74, 6) is -0.637. The lowest BCUT2D eigenvalue weighted by atomic mass is 10.1. The Bertz CT molecular complexity index is 484. The number of hydrogen-bond acceptors (Lipinski definition) is 5. The van der Waals surface area contributed by atoms with Gasteiger partial charge in [-0.3, -0.25) is 10.1 Å². The fourth-order valence-electron chi connectivity index (χ4n) is 1.95. The van der Waals surface area contributed by atoms with E-state index in [9.17, 15) is 14.9 Å². The molecule has 0 amide bonds. The first-order valence-electron chi connectivity index (χ1n) is 6.64. The Morgan fingerprint density at radius 1 is 1.35 bits per heavy atom. The number of benzene rings is 1. The van der Waals surface area contributed by atoms with Gasteiger partial charge >= 0.3 is 5.97 Å². The Morgan fingerprint density at radius 2 is 2.00 bits per heavy atom. The summed E-state index contributed by atoms with van der Waals surface area (Å²) in [4.78, 5) is 24.5. The van der Waals surface area contributed by atoms with Crippen LogP contribution in [0.5, 0.6) is 0 Å². The third-order valence-electron chi connectivity index (χ3n) is 3.19. The first kappa shape index (κ1) is 16.1. The average Bonchev–Trinajstić information content (AvgIpc) is 2.43. The van der Waals surface area contributed by atoms with Crippen molar-refractivity contribution in [3.63, 3.8) is 0 Å². The van der Waals surface area contributed by atoms with E-state index in [1.54, 1.807) is 19.1 Å². The van der Waals surface area contributed by atoms with Crippen molar-refractivity contribution in [1.82, 2.24) is 4.90 Å². The minimum Gasteiger partial charge on any atom is -0.461 e. The van der Waals surface area contributed by atoms with E-state index in [4.69, 9.17) is 4.74 Å². The van der Waals surface area contributed by atoms with Gasteiger partial charge < -0.3 is 9.64 Å². The van der Waals surface area contributed by atoms with Crippen LogP contribution in [0.2, 0.25) is 0 Å². The van der Waals surface area contributed by atoms with Gasteiger partial charge in [-0.15, -0.1) is 0 Å². The molecule has 0 spiro atoms. The zero-order chi connectivity index (χ0) is 15.1. The number of aryl methyl sites for hydroxylation is 1. The third kappa shape index (κ3) is 4.03. The van der Waals surface area contributed by atoms with E-state index >= 15 is 0 Å². The third-order valence-corrected chi connectivity index (χ3v) is 3.19. The Labute approximate surface area is 118 Å². The molecule has 1 aromatic rings. The number of ether oxygens (including phenoxy) is 1. The highest BCUT2D eigenvalue weighted by molar-refractivity contribution is 5.95. The Kier molecular flexibility index (Phi) is 6.11. The largest absolute Gasteiger partial charge is 0.461 e. The summed E-state index contributed by atoms with van der Waals surface area (Å²) in [6.07, 6.45) is 0. The van der Waals surface area contributed by atoms with Crippen molar-refractivity contribution < 1.29 is 14.5 Å². The molecule has 0 heterocycles. The highest BCUT2D eigenvalue weighted by Crippen LogP contribution is 2.22. The quantitative estimate of drug-likeness (QED) is 0.435. The summed E-state index contributed by atoms with van der Waals surface area (Å²) in [6, 6.07) is 4.53. The number of carbonyl (C=O) groups excluding carboxylic acids is 1. The molecule has 20 heavy (non-hydrogen) atoms. The normalized spacial score (nSPS) is 10.6. The molecule has 110 valence electrons. The predicted octanol–water partition coefficient (Wildman–Crippen LogP) is 2.40. The van der Waals surface area contributed by atoms with Crippen molar-refractivity contribution in [2.24, 2.45) is 0 Å². The molecular formula is C14H20N2O4. The molecule has 0 fully saturated rings. The van der Waals surface area contributed by atoms with Gasteiger partial charge in [-0.05, 0) is 25.6 Å². The van der Waals surface area contributed by atoms with Crippen LogP contribution in [-0.4, -0.2) is 42.0 Å². The number of nitrogens with zero attached hydrogens (tertiary/aromatic N) is 2. The summed E-state index contributed by atoms with van der Waals surface area (Å²) in [5, 5.41) is 10.9. The van der Waals surface area contributed by atoms with Crippen molar-refractivity contribution in [3.05, 3.63) is 39.4 Å². The van der Waals surface area contributed by atoms with Gasteiger partial charge in [0, 0.05) is 12.6 Å². The van der Waals surface area contributed by atoms with Gasteiger partial charge in [0.05, 0.1) is 4.92 Å². The lowest BCUT2D eigenvalue weighted by Gasteiger charge is -2.17. The van der Waals surface area contributed by atoms with Crippen molar-refractivity contribution >= 4 is 11.7 Å². The van der Waals surface area contributed by atoms with E-state index in [0.717, 1.165) is 13.1 Å². The molecule has 1 rings (SSSR count). The van der Waals surface area contributed by atoms with Crippen LogP contribution < -0.4 is 0 Å². The zero-order valence-corrected chi connectivity index (χ0v) is 12.1. The van der Waals surface area contributed by atoms with Crippen molar-refractivity contribution in [2.45, 2.75) is 20.8 Å². The molecular weight excluding hydrogens is 260 g/mol. The summed E-state index contributed by atoms with van der Waals surface area (Å²) >= 11 is 0. The van der Waals surface area contributed by atoms with Crippen LogP contribution in [0.15, 0.2) is 18.2 Å². The van der Waals surface area contributed by atoms with Crippen molar-refractivity contribution in [2.75, 3.05) is 26.2 Å². The lowest BCUT2D eigenvalue weighted by molar-refractivity contribution is -0.385. The van der Waals surface area contributed by atoms with E-state index in [0.29, 0.717) is 12.1 Å². The highest BCUT2D eigenvalue weighted by atomic mass is 16.6. The van der Waals surface area contributed by atoms with Crippen LogP contribution in [0.1, 0.15) is 29.8 Å². The van der Waals surface area contributed by atoms with Crippen LogP contribution in [0.3, 0.4) is 0 Å². The fourth-order valence-corrected chi connectivity index (χ4v) is 1.95. The molecule has 0 atom stereocenters. The number of carbonyl (C=O) groups is 1. The summed E-state index contributed by atoms with van der Waals surface area (Å²) < 4.78 is 5.15. The summed E-state index contributed by atoms with van der Waals surface area (Å²) in [7, 11) is 0. The number of esters is 1. The molecule has 0 aliphatic rings. The Balaban J connectivity index is 2.75. The van der Waals surface area contributed by atoms with E-state index in [-0.39, 0.29) is 17.9 Å². The van der Waals surface area contributed by atoms with E-state index in [2.05, 4.69) is 4.90 Å². The molecule has 0 aliphatic heterocycles. The number of nitro benzene ring substituents is 1. The highest BCUT2D eigenvalue weighted by Gasteiger charge is 2.23. The molecule has 0 bridgehead atoms. The second-order valence-electron chi connectivity index (χ2n) is 4.39. The number of nitro groups is 1. The number of rotatable bonds is 7. The number of hydrogen-bond donors (Lipinski definition) is 0. The van der Waals surface area contributed by atoms with Gasteiger partial charge in [0.15, 0.2) is 0 Å². The van der Waals surface area contributed by atoms with Gasteiger partial charge in [0.25, 0.3) is 5.69 Å². The molecule has 0 unspecified atom stereocenters. The maximum Gasteiger partial charge on any atom is 0.345 e. The average molecular weight is 280 g/mol. The molecule has 0 N–H and O–H groups in total. The topological polar surface area (TPSA) is 72.7 Å². The SMILES string of the molecule is CCN(CC)CCOC(=O)c1c(C)cccc1[N+](=O)[O-]. The molecule has 1 aromatic carbocycles. The van der Waals surface area contributed by atoms with E-state index < -0.39 is 10.9 Å². The molecule has 0 saturated carbocycles. The van der Waals surface area contributed by atoms with Gasteiger partial charge in [0.1, 0.15) is 12.2 Å². The summed E-state index contributed by atoms with van der Waals surface area (Å²) in [5.41, 5.74) is 0.377.